The minimum absolute atomic E-state index is 0.0467. The van der Waals surface area contributed by atoms with Crippen LogP contribution < -0.4 is 5.32 Å². The van der Waals surface area contributed by atoms with E-state index in [0.717, 1.165) is 28.6 Å². The molecule has 5 rings (SSSR count). The third-order valence-corrected chi connectivity index (χ3v) is 8.55. The summed E-state index contributed by atoms with van der Waals surface area (Å²) in [5, 5.41) is 27.8. The van der Waals surface area contributed by atoms with Crippen LogP contribution in [0.1, 0.15) is 83.7 Å². The highest BCUT2D eigenvalue weighted by Gasteiger charge is 2.40. The molecular formula is C37H43F2N7O2. The van der Waals surface area contributed by atoms with Gasteiger partial charge in [-0.1, -0.05) is 26.0 Å². The molecule has 4 aromatic rings. The quantitative estimate of drug-likeness (QED) is 0.185. The number of carbonyl (C=O) groups is 1. The van der Waals surface area contributed by atoms with Gasteiger partial charge in [0, 0.05) is 40.9 Å². The van der Waals surface area contributed by atoms with E-state index in [1.165, 1.54) is 12.3 Å². The Hall–Kier alpha value is -4.85. The topological polar surface area (TPSA) is 120 Å². The molecule has 1 fully saturated rings. The molecule has 252 valence electrons. The molecule has 0 aliphatic carbocycles. The molecule has 0 radical (unpaired) electrons. The van der Waals surface area contributed by atoms with Crippen LogP contribution in [0.15, 0.2) is 42.6 Å². The minimum Gasteiger partial charge on any atom is -0.444 e. The van der Waals surface area contributed by atoms with Crippen LogP contribution in [0.25, 0.3) is 22.0 Å². The number of nitriles is 1. The zero-order valence-electron chi connectivity index (χ0n) is 28.6. The number of amides is 1. The Morgan fingerprint density at radius 2 is 1.96 bits per heavy atom. The van der Waals surface area contributed by atoms with Crippen molar-refractivity contribution in [3.05, 3.63) is 76.6 Å². The number of benzene rings is 2. The fourth-order valence-electron chi connectivity index (χ4n) is 6.41. The first-order chi connectivity index (χ1) is 22.6. The van der Waals surface area contributed by atoms with Crippen molar-refractivity contribution < 1.29 is 18.3 Å². The van der Waals surface area contributed by atoms with Crippen molar-refractivity contribution in [1.29, 1.82) is 10.7 Å². The smallest absolute Gasteiger partial charge is 0.410 e. The highest BCUT2D eigenvalue weighted by molar-refractivity contribution is 5.98. The van der Waals surface area contributed by atoms with E-state index in [1.807, 2.05) is 52.8 Å². The Labute approximate surface area is 280 Å². The second kappa shape index (κ2) is 13.3. The van der Waals surface area contributed by atoms with Crippen LogP contribution in [0.4, 0.5) is 19.4 Å². The zero-order valence-corrected chi connectivity index (χ0v) is 28.6. The summed E-state index contributed by atoms with van der Waals surface area (Å²) in [6.45, 7) is 14.5. The van der Waals surface area contributed by atoms with Crippen LogP contribution in [0.5, 0.6) is 0 Å². The predicted molar refractivity (Wildman–Crippen MR) is 183 cm³/mol. The van der Waals surface area contributed by atoms with E-state index in [0.29, 0.717) is 59.6 Å². The summed E-state index contributed by atoms with van der Waals surface area (Å²) in [6.07, 6.45) is 4.45. The summed E-state index contributed by atoms with van der Waals surface area (Å²) in [4.78, 5) is 19.7. The largest absolute Gasteiger partial charge is 0.444 e. The number of fused-ring (bicyclic) bond motifs is 1. The maximum Gasteiger partial charge on any atom is 0.410 e. The van der Waals surface area contributed by atoms with Gasteiger partial charge in [0.15, 0.2) is 11.6 Å². The van der Waals surface area contributed by atoms with Crippen molar-refractivity contribution in [2.75, 3.05) is 11.9 Å². The van der Waals surface area contributed by atoms with Gasteiger partial charge in [0.1, 0.15) is 17.5 Å². The molecule has 0 saturated carbocycles. The van der Waals surface area contributed by atoms with Gasteiger partial charge in [0.05, 0.1) is 29.5 Å². The van der Waals surface area contributed by atoms with Crippen molar-refractivity contribution in [2.45, 2.75) is 91.5 Å². The van der Waals surface area contributed by atoms with Crippen molar-refractivity contribution in [3.8, 4) is 17.2 Å². The molecule has 9 nitrogen and oxygen atoms in total. The molecule has 1 unspecified atom stereocenters. The average molecular weight is 656 g/mol. The predicted octanol–water partition coefficient (Wildman–Crippen LogP) is 8.08. The molecule has 0 bridgehead atoms. The molecule has 2 N–H and O–H groups in total. The van der Waals surface area contributed by atoms with Gasteiger partial charge < -0.3 is 20.4 Å². The first-order valence-corrected chi connectivity index (χ1v) is 16.2. The summed E-state index contributed by atoms with van der Waals surface area (Å²) < 4.78 is 34.7. The molecule has 2 aromatic heterocycles. The van der Waals surface area contributed by atoms with Crippen LogP contribution in [0.2, 0.25) is 0 Å². The van der Waals surface area contributed by atoms with E-state index in [2.05, 4.69) is 30.3 Å². The molecule has 3 heterocycles. The maximum atomic E-state index is 13.9. The van der Waals surface area contributed by atoms with E-state index in [1.54, 1.807) is 15.8 Å². The Morgan fingerprint density at radius 1 is 1.21 bits per heavy atom. The number of ether oxygens (including phenoxy) is 1. The number of hydrogen-bond acceptors (Lipinski definition) is 7. The molecular weight excluding hydrogens is 612 g/mol. The fourth-order valence-corrected chi connectivity index (χ4v) is 6.41. The highest BCUT2D eigenvalue weighted by Crippen LogP contribution is 2.37. The summed E-state index contributed by atoms with van der Waals surface area (Å²) in [5.41, 5.74) is 3.18. The Morgan fingerprint density at radius 3 is 2.58 bits per heavy atom. The monoisotopic (exact) mass is 655 g/mol. The number of anilines is 1. The fraction of sp³-hybridized carbons (Fsp3) is 0.432. The van der Waals surface area contributed by atoms with Gasteiger partial charge in [-0.05, 0) is 95.2 Å². The summed E-state index contributed by atoms with van der Waals surface area (Å²) in [5.74, 6) is -1.06. The van der Waals surface area contributed by atoms with Crippen LogP contribution >= 0.6 is 0 Å². The first-order valence-electron chi connectivity index (χ1n) is 16.2. The second-order valence-electron chi connectivity index (χ2n) is 14.5. The van der Waals surface area contributed by atoms with E-state index in [-0.39, 0.29) is 24.6 Å². The van der Waals surface area contributed by atoms with Gasteiger partial charge in [-0.2, -0.15) is 10.4 Å². The van der Waals surface area contributed by atoms with Crippen molar-refractivity contribution >= 4 is 29.0 Å². The number of nitrogens with zero attached hydrogens (tertiary/aromatic N) is 5. The molecule has 11 heteroatoms. The third kappa shape index (κ3) is 7.33. The second-order valence-corrected chi connectivity index (χ2v) is 14.5. The van der Waals surface area contributed by atoms with Gasteiger partial charge >= 0.3 is 6.09 Å². The van der Waals surface area contributed by atoms with Crippen LogP contribution in [-0.2, 0) is 17.7 Å². The number of pyridine rings is 1. The number of piperidine rings is 1. The lowest BCUT2D eigenvalue weighted by Gasteiger charge is -2.46. The van der Waals surface area contributed by atoms with Crippen LogP contribution in [-0.4, -0.2) is 55.7 Å². The van der Waals surface area contributed by atoms with Crippen LogP contribution in [0.3, 0.4) is 0 Å². The van der Waals surface area contributed by atoms with E-state index in [4.69, 9.17) is 15.1 Å². The average Bonchev–Trinajstić information content (AvgIpc) is 3.38. The molecule has 2 aromatic carbocycles. The molecule has 1 aliphatic rings. The number of likely N-dealkylation sites (tertiary alicyclic amines) is 1. The van der Waals surface area contributed by atoms with Crippen molar-refractivity contribution in [3.63, 3.8) is 0 Å². The molecule has 1 atom stereocenters. The molecule has 1 amide bonds. The van der Waals surface area contributed by atoms with Crippen molar-refractivity contribution in [2.24, 2.45) is 5.92 Å². The van der Waals surface area contributed by atoms with Gasteiger partial charge in [-0.25, -0.2) is 18.6 Å². The molecule has 48 heavy (non-hydrogen) atoms. The van der Waals surface area contributed by atoms with Gasteiger partial charge in [0.2, 0.25) is 0 Å². The number of halogens is 2. The number of rotatable bonds is 8. The summed E-state index contributed by atoms with van der Waals surface area (Å²) >= 11 is 0. The lowest BCUT2D eigenvalue weighted by molar-refractivity contribution is -0.00789. The standard InChI is InChI=1S/C37H43F2N7O2/c1-22(2)14-31-27(18-40)33(24-9-11-32-25(16-24)20-42-46(32)21-23-8-10-29(38)30(39)15-23)28(19-41)34(44-31)43-26-12-13-45(37(6,7)17-26)35(47)48-36(3,4)5/h8-11,15-16,19-20,22,26,41H,12-14,17,21H2,1-7H3,(H,43,44). The molecule has 1 saturated heterocycles. The molecule has 0 spiro atoms. The number of hydrogen-bond donors (Lipinski definition) is 2. The summed E-state index contributed by atoms with van der Waals surface area (Å²) in [7, 11) is 0. The lowest BCUT2D eigenvalue weighted by atomic mass is 9.86. The SMILES string of the molecule is CC(C)Cc1nc(NC2CCN(C(=O)OC(C)(C)C)C(C)(C)C2)c(C=N)c(-c2ccc3c(cnn3Cc3ccc(F)c(F)c3)c2)c1C#N. The Bertz CT molecular complexity index is 1900. The summed E-state index contributed by atoms with van der Waals surface area (Å²) in [6, 6.07) is 11.8. The Balaban J connectivity index is 1.51. The third-order valence-electron chi connectivity index (χ3n) is 8.55. The van der Waals surface area contributed by atoms with Gasteiger partial charge in [-0.3, -0.25) is 4.68 Å². The normalized spacial score (nSPS) is 16.2. The maximum absolute atomic E-state index is 13.9. The van der Waals surface area contributed by atoms with E-state index in [9.17, 15) is 18.8 Å². The highest BCUT2D eigenvalue weighted by atomic mass is 19.2. The lowest BCUT2D eigenvalue weighted by Crippen LogP contribution is -2.56. The van der Waals surface area contributed by atoms with E-state index < -0.39 is 22.8 Å². The Kier molecular flexibility index (Phi) is 9.58. The number of carbonyl (C=O) groups excluding carboxylic acids is 1. The van der Waals surface area contributed by atoms with Gasteiger partial charge in [-0.15, -0.1) is 0 Å². The van der Waals surface area contributed by atoms with Crippen LogP contribution in [0, 0.1) is 34.3 Å². The first kappa shape index (κ1) is 34.5. The van der Waals surface area contributed by atoms with Gasteiger partial charge in [0.25, 0.3) is 0 Å². The van der Waals surface area contributed by atoms with Crippen molar-refractivity contribution in [1.82, 2.24) is 19.7 Å². The van der Waals surface area contributed by atoms with E-state index >= 15 is 0 Å². The zero-order chi connectivity index (χ0) is 35.0. The molecule has 1 aliphatic heterocycles. The number of aromatic nitrogens is 3. The minimum atomic E-state index is -0.911. The number of nitrogens with one attached hydrogen (secondary N) is 2.